The van der Waals surface area contributed by atoms with E-state index in [1.165, 1.54) is 24.3 Å². The van der Waals surface area contributed by atoms with Crippen LogP contribution in [0.4, 0.5) is 23.7 Å². The van der Waals surface area contributed by atoms with E-state index in [1.807, 2.05) is 0 Å². The molecule has 0 aliphatic rings. The van der Waals surface area contributed by atoms with E-state index in [4.69, 9.17) is 10.2 Å². The Kier molecular flexibility index (Phi) is 5.53. The summed E-state index contributed by atoms with van der Waals surface area (Å²) in [6.07, 6.45) is -4.55. The lowest BCUT2D eigenvalue weighted by atomic mass is 10.2. The summed E-state index contributed by atoms with van der Waals surface area (Å²) in [7, 11) is 0. The number of alkyl halides is 3. The number of nitrogens with zero attached hydrogens (tertiary/aromatic N) is 1. The highest BCUT2D eigenvalue weighted by Gasteiger charge is 2.29. The molecule has 9 heteroatoms. The van der Waals surface area contributed by atoms with Crippen molar-refractivity contribution in [2.75, 3.05) is 24.6 Å². The van der Waals surface area contributed by atoms with Gasteiger partial charge >= 0.3 is 18.2 Å². The molecule has 0 bridgehead atoms. The molecule has 0 saturated carbocycles. The molecular weight excluding hydrogens is 293 g/mol. The van der Waals surface area contributed by atoms with Crippen LogP contribution >= 0.6 is 0 Å². The van der Waals surface area contributed by atoms with Gasteiger partial charge in [-0.25, -0.2) is 9.59 Å². The lowest BCUT2D eigenvalue weighted by molar-refractivity contribution is -0.122. The molecule has 0 aromatic heterocycles. The Morgan fingerprint density at radius 2 is 1.76 bits per heavy atom. The summed E-state index contributed by atoms with van der Waals surface area (Å²) in [6, 6.07) is 3.92. The SMILES string of the molecule is O=C(O)c1ccc(N(CCO)C(=O)NCC(F)(F)F)cc1. The van der Waals surface area contributed by atoms with E-state index in [2.05, 4.69) is 0 Å². The van der Waals surface area contributed by atoms with Crippen LogP contribution in [0.2, 0.25) is 0 Å². The van der Waals surface area contributed by atoms with Crippen molar-refractivity contribution in [2.24, 2.45) is 0 Å². The predicted octanol–water partition coefficient (Wildman–Crippen LogP) is 1.46. The average Bonchev–Trinajstić information content (AvgIpc) is 2.41. The minimum Gasteiger partial charge on any atom is -0.478 e. The van der Waals surface area contributed by atoms with Crippen LogP contribution in [0, 0.1) is 0 Å². The molecule has 1 aromatic carbocycles. The number of carboxylic acids is 1. The molecule has 1 aromatic rings. The number of aliphatic hydroxyl groups is 1. The Bertz CT molecular complexity index is 502. The van der Waals surface area contributed by atoms with Crippen LogP contribution in [0.3, 0.4) is 0 Å². The van der Waals surface area contributed by atoms with Gasteiger partial charge in [-0.2, -0.15) is 13.2 Å². The van der Waals surface area contributed by atoms with Crippen molar-refractivity contribution in [2.45, 2.75) is 6.18 Å². The first-order chi connectivity index (χ1) is 9.74. The molecule has 0 unspecified atom stereocenters. The molecule has 21 heavy (non-hydrogen) atoms. The molecule has 0 atom stereocenters. The van der Waals surface area contributed by atoms with Crippen molar-refractivity contribution in [3.05, 3.63) is 29.8 Å². The third kappa shape index (κ3) is 5.30. The second-order valence-corrected chi connectivity index (χ2v) is 4.00. The number of urea groups is 1. The van der Waals surface area contributed by atoms with E-state index in [0.29, 0.717) is 0 Å². The number of aliphatic hydroxyl groups excluding tert-OH is 1. The van der Waals surface area contributed by atoms with Crippen molar-refractivity contribution in [3.63, 3.8) is 0 Å². The number of anilines is 1. The monoisotopic (exact) mass is 306 g/mol. The number of carbonyl (C=O) groups excluding carboxylic acids is 1. The number of carboxylic acid groups (broad SMARTS) is 1. The highest BCUT2D eigenvalue weighted by atomic mass is 19.4. The number of nitrogens with one attached hydrogen (secondary N) is 1. The molecule has 0 fully saturated rings. The van der Waals surface area contributed by atoms with Crippen LogP contribution in [-0.4, -0.2) is 48.1 Å². The summed E-state index contributed by atoms with van der Waals surface area (Å²) in [5.41, 5.74) is 0.145. The maximum Gasteiger partial charge on any atom is 0.405 e. The number of carbonyl (C=O) groups is 2. The number of rotatable bonds is 5. The van der Waals surface area contributed by atoms with Gasteiger partial charge in [-0.1, -0.05) is 0 Å². The van der Waals surface area contributed by atoms with Crippen LogP contribution in [0.1, 0.15) is 10.4 Å². The maximum atomic E-state index is 12.1. The quantitative estimate of drug-likeness (QED) is 0.768. The van der Waals surface area contributed by atoms with Crippen molar-refractivity contribution >= 4 is 17.7 Å². The number of halogens is 3. The number of hydrogen-bond acceptors (Lipinski definition) is 3. The van der Waals surface area contributed by atoms with Gasteiger partial charge in [0.1, 0.15) is 6.54 Å². The molecule has 2 amide bonds. The van der Waals surface area contributed by atoms with Gasteiger partial charge in [-0.05, 0) is 24.3 Å². The summed E-state index contributed by atoms with van der Waals surface area (Å²) in [5.74, 6) is -1.17. The number of benzene rings is 1. The molecule has 0 saturated heterocycles. The Balaban J connectivity index is 2.85. The first-order valence-electron chi connectivity index (χ1n) is 5.81. The zero-order valence-corrected chi connectivity index (χ0v) is 10.7. The second-order valence-electron chi connectivity index (χ2n) is 4.00. The normalized spacial score (nSPS) is 11.0. The molecule has 1 rings (SSSR count). The number of aromatic carboxylic acids is 1. The van der Waals surface area contributed by atoms with Crippen molar-refractivity contribution < 1.29 is 33.0 Å². The molecule has 0 aliphatic carbocycles. The fourth-order valence-corrected chi connectivity index (χ4v) is 1.50. The zero-order chi connectivity index (χ0) is 16.0. The molecule has 6 nitrogen and oxygen atoms in total. The van der Waals surface area contributed by atoms with Crippen LogP contribution < -0.4 is 10.2 Å². The highest BCUT2D eigenvalue weighted by molar-refractivity contribution is 5.93. The van der Waals surface area contributed by atoms with E-state index in [1.54, 1.807) is 5.32 Å². The topological polar surface area (TPSA) is 89.9 Å². The second kappa shape index (κ2) is 6.93. The van der Waals surface area contributed by atoms with Gasteiger partial charge in [-0.3, -0.25) is 4.90 Å². The van der Waals surface area contributed by atoms with Crippen LogP contribution in [-0.2, 0) is 0 Å². The first kappa shape index (κ1) is 16.8. The van der Waals surface area contributed by atoms with Gasteiger partial charge in [0.2, 0.25) is 0 Å². The standard InChI is InChI=1S/C12H13F3N2O4/c13-12(14,15)7-16-11(21)17(5-6-18)9-3-1-8(2-4-9)10(19)20/h1-4,18H,5-7H2,(H,16,21)(H,19,20). The molecule has 0 aliphatic heterocycles. The molecule has 0 spiro atoms. The van der Waals surface area contributed by atoms with Gasteiger partial charge in [0.05, 0.1) is 18.7 Å². The minimum atomic E-state index is -4.55. The largest absolute Gasteiger partial charge is 0.478 e. The Morgan fingerprint density at radius 1 is 1.19 bits per heavy atom. The van der Waals surface area contributed by atoms with Gasteiger partial charge in [0, 0.05) is 5.69 Å². The van der Waals surface area contributed by atoms with E-state index in [-0.39, 0.29) is 17.8 Å². The van der Waals surface area contributed by atoms with E-state index < -0.39 is 31.3 Å². The predicted molar refractivity (Wildman–Crippen MR) is 67.3 cm³/mol. The Labute approximate surface area is 117 Å². The van der Waals surface area contributed by atoms with E-state index >= 15 is 0 Å². The average molecular weight is 306 g/mol. The van der Waals surface area contributed by atoms with E-state index in [0.717, 1.165) is 4.90 Å². The summed E-state index contributed by atoms with van der Waals surface area (Å²) in [6.45, 7) is -2.18. The molecule has 0 radical (unpaired) electrons. The number of hydrogen-bond donors (Lipinski definition) is 3. The Morgan fingerprint density at radius 3 is 2.19 bits per heavy atom. The van der Waals surface area contributed by atoms with Gasteiger partial charge in [-0.15, -0.1) is 0 Å². The molecular formula is C12H13F3N2O4. The molecule has 116 valence electrons. The van der Waals surface area contributed by atoms with Gasteiger partial charge < -0.3 is 15.5 Å². The van der Waals surface area contributed by atoms with Gasteiger partial charge in [0.15, 0.2) is 0 Å². The third-order valence-electron chi connectivity index (χ3n) is 2.43. The summed E-state index contributed by atoms with van der Waals surface area (Å²) < 4.78 is 36.2. The van der Waals surface area contributed by atoms with Gasteiger partial charge in [0.25, 0.3) is 0 Å². The van der Waals surface area contributed by atoms with Crippen LogP contribution in [0.15, 0.2) is 24.3 Å². The summed E-state index contributed by atoms with van der Waals surface area (Å²) >= 11 is 0. The zero-order valence-electron chi connectivity index (χ0n) is 10.7. The number of amides is 2. The molecule has 3 N–H and O–H groups in total. The molecule has 0 heterocycles. The smallest absolute Gasteiger partial charge is 0.405 e. The summed E-state index contributed by atoms with van der Waals surface area (Å²) in [4.78, 5) is 23.3. The fraction of sp³-hybridized carbons (Fsp3) is 0.333. The lowest BCUT2D eigenvalue weighted by Crippen LogP contribution is -2.45. The minimum absolute atomic E-state index is 0.0293. The van der Waals surface area contributed by atoms with Crippen molar-refractivity contribution in [1.82, 2.24) is 5.32 Å². The summed E-state index contributed by atoms with van der Waals surface area (Å²) in [5, 5.41) is 19.3. The lowest BCUT2D eigenvalue weighted by Gasteiger charge is -2.22. The van der Waals surface area contributed by atoms with Crippen LogP contribution in [0.25, 0.3) is 0 Å². The van der Waals surface area contributed by atoms with E-state index in [9.17, 15) is 22.8 Å². The van der Waals surface area contributed by atoms with Crippen molar-refractivity contribution in [3.8, 4) is 0 Å². The highest BCUT2D eigenvalue weighted by Crippen LogP contribution is 2.17. The van der Waals surface area contributed by atoms with Crippen LogP contribution in [0.5, 0.6) is 0 Å². The Hall–Kier alpha value is -2.29. The third-order valence-corrected chi connectivity index (χ3v) is 2.43. The van der Waals surface area contributed by atoms with Crippen molar-refractivity contribution in [1.29, 1.82) is 0 Å². The fourth-order valence-electron chi connectivity index (χ4n) is 1.50. The maximum absolute atomic E-state index is 12.1. The first-order valence-corrected chi connectivity index (χ1v) is 5.81.